The smallest absolute Gasteiger partial charge is 0.266 e. The summed E-state index contributed by atoms with van der Waals surface area (Å²) in [6.07, 6.45) is 1.58. The van der Waals surface area contributed by atoms with Gasteiger partial charge in [-0.05, 0) is 86.2 Å². The van der Waals surface area contributed by atoms with Crippen LogP contribution in [-0.4, -0.2) is 15.6 Å². The first-order chi connectivity index (χ1) is 17.4. The number of phenols is 1. The zero-order chi connectivity index (χ0) is 25.7. The van der Waals surface area contributed by atoms with Crippen LogP contribution in [0.25, 0.3) is 11.8 Å². The number of anilines is 1. The lowest BCUT2D eigenvalue weighted by molar-refractivity contribution is -0.112. The average Bonchev–Trinajstić information content (AvgIpc) is 3.16. The fourth-order valence-electron chi connectivity index (χ4n) is 3.85. The van der Waals surface area contributed by atoms with Gasteiger partial charge in [-0.2, -0.15) is 5.26 Å². The van der Waals surface area contributed by atoms with Gasteiger partial charge in [0.25, 0.3) is 5.91 Å². The first-order valence-corrected chi connectivity index (χ1v) is 11.6. The third-order valence-electron chi connectivity index (χ3n) is 5.71. The number of nitrogens with one attached hydrogen (secondary N) is 1. The summed E-state index contributed by atoms with van der Waals surface area (Å²) in [5.41, 5.74) is 4.93. The summed E-state index contributed by atoms with van der Waals surface area (Å²) < 4.78 is 7.93. The molecule has 0 unspecified atom stereocenters. The van der Waals surface area contributed by atoms with Crippen LogP contribution >= 0.6 is 11.6 Å². The first-order valence-electron chi connectivity index (χ1n) is 11.2. The monoisotopic (exact) mass is 497 g/mol. The van der Waals surface area contributed by atoms with Crippen LogP contribution in [0.2, 0.25) is 5.02 Å². The standard InChI is InChI=1S/C29H24ClN3O3/c1-19-15-22(16-23(17-31)29(35)32-24-7-11-26(34)12-8-24)20(2)33(19)25-9-13-27(14-10-25)36-18-21-5-3-4-6-28(21)30/h3-16,34H,18H2,1-2H3,(H,32,35)/b23-16-. The van der Waals surface area contributed by atoms with Crippen molar-refractivity contribution in [2.75, 3.05) is 5.32 Å². The predicted molar refractivity (Wildman–Crippen MR) is 141 cm³/mol. The topological polar surface area (TPSA) is 87.3 Å². The average molecular weight is 498 g/mol. The van der Waals surface area contributed by atoms with Gasteiger partial charge in [-0.3, -0.25) is 4.79 Å². The molecule has 1 aromatic heterocycles. The summed E-state index contributed by atoms with van der Waals surface area (Å²) in [6.45, 7) is 4.28. The van der Waals surface area contributed by atoms with E-state index in [1.165, 1.54) is 12.1 Å². The Labute approximate surface area is 214 Å². The molecule has 0 aliphatic heterocycles. The van der Waals surface area contributed by atoms with Crippen LogP contribution in [-0.2, 0) is 11.4 Å². The van der Waals surface area contributed by atoms with E-state index in [0.29, 0.717) is 17.3 Å². The molecular formula is C29H24ClN3O3. The Morgan fingerprint density at radius 1 is 1.08 bits per heavy atom. The van der Waals surface area contributed by atoms with Gasteiger partial charge >= 0.3 is 0 Å². The number of hydrogen-bond donors (Lipinski definition) is 2. The lowest BCUT2D eigenvalue weighted by atomic mass is 10.1. The molecule has 1 heterocycles. The van der Waals surface area contributed by atoms with Crippen LogP contribution in [0, 0.1) is 25.2 Å². The van der Waals surface area contributed by atoms with Gasteiger partial charge in [-0.15, -0.1) is 0 Å². The Hall–Kier alpha value is -4.47. The van der Waals surface area contributed by atoms with Crippen molar-refractivity contribution in [1.29, 1.82) is 5.26 Å². The number of halogens is 1. The maximum atomic E-state index is 12.6. The molecule has 0 aliphatic rings. The number of carbonyl (C=O) groups is 1. The quantitative estimate of drug-likeness (QED) is 0.171. The Morgan fingerprint density at radius 3 is 2.44 bits per heavy atom. The summed E-state index contributed by atoms with van der Waals surface area (Å²) in [4.78, 5) is 12.6. The van der Waals surface area contributed by atoms with E-state index in [4.69, 9.17) is 16.3 Å². The minimum absolute atomic E-state index is 0.0216. The zero-order valence-electron chi connectivity index (χ0n) is 19.8. The molecule has 7 heteroatoms. The van der Waals surface area contributed by atoms with Crippen molar-refractivity contribution in [2.24, 2.45) is 0 Å². The van der Waals surface area contributed by atoms with Crippen LogP contribution in [0.5, 0.6) is 11.5 Å². The van der Waals surface area contributed by atoms with E-state index in [1.54, 1.807) is 18.2 Å². The highest BCUT2D eigenvalue weighted by atomic mass is 35.5. The third-order valence-corrected chi connectivity index (χ3v) is 6.08. The van der Waals surface area contributed by atoms with Gasteiger partial charge in [-0.25, -0.2) is 0 Å². The Morgan fingerprint density at radius 2 is 1.78 bits per heavy atom. The van der Waals surface area contributed by atoms with Gasteiger partial charge in [0, 0.05) is 33.3 Å². The summed E-state index contributed by atoms with van der Waals surface area (Å²) in [5, 5.41) is 22.3. The van der Waals surface area contributed by atoms with Gasteiger partial charge < -0.3 is 19.7 Å². The number of aromatic nitrogens is 1. The second-order valence-electron chi connectivity index (χ2n) is 8.21. The van der Waals surface area contributed by atoms with Gasteiger partial charge in [-0.1, -0.05) is 29.8 Å². The lowest BCUT2D eigenvalue weighted by Crippen LogP contribution is -2.13. The summed E-state index contributed by atoms with van der Waals surface area (Å²) >= 11 is 6.20. The number of nitrogens with zero attached hydrogens (tertiary/aromatic N) is 2. The number of carbonyl (C=O) groups excluding carboxylic acids is 1. The summed E-state index contributed by atoms with van der Waals surface area (Å²) in [6, 6.07) is 25.2. The molecule has 2 N–H and O–H groups in total. The maximum Gasteiger partial charge on any atom is 0.266 e. The maximum absolute atomic E-state index is 12.6. The number of nitriles is 1. The Bertz CT molecular complexity index is 1460. The zero-order valence-corrected chi connectivity index (χ0v) is 20.6. The van der Waals surface area contributed by atoms with Crippen molar-refractivity contribution >= 4 is 29.3 Å². The van der Waals surface area contributed by atoms with Crippen molar-refractivity contribution in [3.8, 4) is 23.3 Å². The molecule has 0 radical (unpaired) electrons. The third kappa shape index (κ3) is 5.60. The summed E-state index contributed by atoms with van der Waals surface area (Å²) in [7, 11) is 0. The van der Waals surface area contributed by atoms with E-state index in [9.17, 15) is 15.2 Å². The molecule has 0 atom stereocenters. The van der Waals surface area contributed by atoms with E-state index in [2.05, 4.69) is 9.88 Å². The van der Waals surface area contributed by atoms with Crippen molar-refractivity contribution in [3.63, 3.8) is 0 Å². The second-order valence-corrected chi connectivity index (χ2v) is 8.61. The van der Waals surface area contributed by atoms with Crippen LogP contribution in [0.4, 0.5) is 5.69 Å². The fraction of sp³-hybridized carbons (Fsp3) is 0.103. The molecule has 4 rings (SSSR count). The van der Waals surface area contributed by atoms with E-state index >= 15 is 0 Å². The van der Waals surface area contributed by atoms with Crippen LogP contribution in [0.1, 0.15) is 22.5 Å². The molecule has 4 aromatic rings. The highest BCUT2D eigenvalue weighted by Crippen LogP contribution is 2.26. The van der Waals surface area contributed by atoms with E-state index in [0.717, 1.165) is 34.0 Å². The molecular weight excluding hydrogens is 474 g/mol. The van der Waals surface area contributed by atoms with Crippen molar-refractivity contribution in [1.82, 2.24) is 4.57 Å². The lowest BCUT2D eigenvalue weighted by Gasteiger charge is -2.12. The molecule has 0 saturated heterocycles. The molecule has 6 nitrogen and oxygen atoms in total. The van der Waals surface area contributed by atoms with Gasteiger partial charge in [0.15, 0.2) is 0 Å². The number of phenolic OH excluding ortho intramolecular Hbond substituents is 1. The number of aromatic hydroxyl groups is 1. The Balaban J connectivity index is 1.51. The van der Waals surface area contributed by atoms with Gasteiger partial charge in [0.1, 0.15) is 29.7 Å². The normalized spacial score (nSPS) is 11.1. The molecule has 180 valence electrons. The number of hydrogen-bond acceptors (Lipinski definition) is 4. The van der Waals surface area contributed by atoms with Crippen molar-refractivity contribution in [2.45, 2.75) is 20.5 Å². The number of aryl methyl sites for hydroxylation is 1. The fourth-order valence-corrected chi connectivity index (χ4v) is 4.04. The number of amides is 1. The highest BCUT2D eigenvalue weighted by molar-refractivity contribution is 6.31. The molecule has 0 fully saturated rings. The van der Waals surface area contributed by atoms with Crippen LogP contribution in [0.15, 0.2) is 84.4 Å². The SMILES string of the molecule is Cc1cc(/C=C(/C#N)C(=O)Nc2ccc(O)cc2)c(C)n1-c1ccc(OCc2ccccc2Cl)cc1. The van der Waals surface area contributed by atoms with E-state index in [-0.39, 0.29) is 11.3 Å². The molecule has 0 bridgehead atoms. The largest absolute Gasteiger partial charge is 0.508 e. The second kappa shape index (κ2) is 10.9. The minimum Gasteiger partial charge on any atom is -0.508 e. The number of benzene rings is 3. The predicted octanol–water partition coefficient (Wildman–Crippen LogP) is 6.58. The van der Waals surface area contributed by atoms with Crippen molar-refractivity contribution < 1.29 is 14.6 Å². The first kappa shape index (κ1) is 24.6. The molecule has 0 saturated carbocycles. The molecule has 36 heavy (non-hydrogen) atoms. The number of ether oxygens (including phenoxy) is 1. The highest BCUT2D eigenvalue weighted by Gasteiger charge is 2.14. The minimum atomic E-state index is -0.520. The molecule has 3 aromatic carbocycles. The van der Waals surface area contributed by atoms with Crippen LogP contribution in [0.3, 0.4) is 0 Å². The molecule has 1 amide bonds. The van der Waals surface area contributed by atoms with E-state index in [1.807, 2.05) is 74.5 Å². The Kier molecular flexibility index (Phi) is 7.43. The molecule has 0 spiro atoms. The van der Waals surface area contributed by atoms with E-state index < -0.39 is 5.91 Å². The number of rotatable bonds is 7. The van der Waals surface area contributed by atoms with Crippen LogP contribution < -0.4 is 10.1 Å². The van der Waals surface area contributed by atoms with Crippen molar-refractivity contribution in [3.05, 3.63) is 112 Å². The molecule has 0 aliphatic carbocycles. The van der Waals surface area contributed by atoms with Gasteiger partial charge in [0.05, 0.1) is 0 Å². The van der Waals surface area contributed by atoms with Gasteiger partial charge in [0.2, 0.25) is 0 Å². The summed E-state index contributed by atoms with van der Waals surface area (Å²) in [5.74, 6) is 0.295.